The summed E-state index contributed by atoms with van der Waals surface area (Å²) in [6.45, 7) is 8.22. The van der Waals surface area contributed by atoms with E-state index in [2.05, 4.69) is 37.5 Å². The van der Waals surface area contributed by atoms with Gasteiger partial charge in [-0.05, 0) is 51.0 Å². The van der Waals surface area contributed by atoms with Gasteiger partial charge in [-0.2, -0.15) is 8.61 Å². The van der Waals surface area contributed by atoms with Crippen molar-refractivity contribution in [3.05, 3.63) is 71.8 Å². The third kappa shape index (κ3) is 10.6. The molecule has 0 aromatic heterocycles. The van der Waals surface area contributed by atoms with E-state index >= 15 is 0 Å². The number of aryl methyl sites for hydroxylation is 2. The van der Waals surface area contributed by atoms with Gasteiger partial charge in [0.25, 0.3) is 0 Å². The molecule has 0 saturated carbocycles. The molecule has 0 unspecified atom stereocenters. The molecule has 0 spiro atoms. The Hall–Kier alpha value is -2.88. The molecule has 0 heterocycles. The van der Waals surface area contributed by atoms with E-state index in [0.717, 1.165) is 49.7 Å². The van der Waals surface area contributed by atoms with Crippen LogP contribution in [0.3, 0.4) is 0 Å². The van der Waals surface area contributed by atoms with E-state index in [1.807, 2.05) is 13.8 Å². The molecule has 0 aliphatic carbocycles. The number of nitrogens with zero attached hydrogens (tertiary/aromatic N) is 2. The first kappa shape index (κ1) is 33.3. The molecule has 6 nitrogen and oxygen atoms in total. The molecule has 0 saturated heterocycles. The van der Waals surface area contributed by atoms with Crippen LogP contribution in [-0.4, -0.2) is 51.6 Å². The van der Waals surface area contributed by atoms with Gasteiger partial charge in [-0.15, -0.1) is 11.8 Å². The maximum Gasteiger partial charge on any atom is 0.244 e. The second kappa shape index (κ2) is 17.0. The molecule has 0 atom stereocenters. The molecule has 0 fully saturated rings. The minimum absolute atomic E-state index is 0.0541. The van der Waals surface area contributed by atoms with Crippen molar-refractivity contribution in [2.24, 2.45) is 0 Å². The van der Waals surface area contributed by atoms with Crippen LogP contribution in [-0.2, 0) is 20.0 Å². The molecule has 0 radical (unpaired) electrons. The van der Waals surface area contributed by atoms with Gasteiger partial charge in [0.2, 0.25) is 20.0 Å². The molecule has 0 amide bonds. The fraction of sp³-hybridized carbons (Fsp3) is 0.438. The van der Waals surface area contributed by atoms with E-state index < -0.39 is 20.0 Å². The fourth-order valence-electron chi connectivity index (χ4n) is 3.59. The second-order valence-corrected chi connectivity index (χ2v) is 13.5. The van der Waals surface area contributed by atoms with Gasteiger partial charge >= 0.3 is 0 Å². The molecular formula is C32H42N2O4S2. The van der Waals surface area contributed by atoms with Crippen molar-refractivity contribution in [3.8, 4) is 23.7 Å². The molecule has 0 aliphatic rings. The summed E-state index contributed by atoms with van der Waals surface area (Å²) in [5, 5.41) is 0. The van der Waals surface area contributed by atoms with Crippen LogP contribution in [0.1, 0.15) is 63.5 Å². The van der Waals surface area contributed by atoms with Gasteiger partial charge in [0.05, 0.1) is 22.9 Å². The number of benzene rings is 2. The SMILES string of the molecule is CCCCC#CCN(C/C=C/CN(CC#CCCCC)S(=O)(=O)c1ccc(C)cc1)S(=O)(=O)c1ccc(C)cc1. The predicted molar refractivity (Wildman–Crippen MR) is 164 cm³/mol. The van der Waals surface area contributed by atoms with Crippen LogP contribution in [0.5, 0.6) is 0 Å². The number of hydrogen-bond donors (Lipinski definition) is 0. The highest BCUT2D eigenvalue weighted by molar-refractivity contribution is 7.89. The van der Waals surface area contributed by atoms with E-state index in [9.17, 15) is 16.8 Å². The fourth-order valence-corrected chi connectivity index (χ4v) is 6.18. The Morgan fingerprint density at radius 1 is 0.600 bits per heavy atom. The average molecular weight is 583 g/mol. The summed E-state index contributed by atoms with van der Waals surface area (Å²) in [6.07, 6.45) is 8.77. The molecule has 2 rings (SSSR count). The van der Waals surface area contributed by atoms with E-state index in [1.54, 1.807) is 60.7 Å². The minimum atomic E-state index is -3.78. The summed E-state index contributed by atoms with van der Waals surface area (Å²) >= 11 is 0. The van der Waals surface area contributed by atoms with Crippen LogP contribution in [0.15, 0.2) is 70.5 Å². The Bertz CT molecular complexity index is 1310. The standard InChI is InChI=1S/C32H42N2O4S2/c1-5-7-9-11-13-25-33(39(35,36)31-21-17-29(3)18-22-31)27-15-16-28-34(26-14-12-10-8-6-2)40(37,38)32-23-19-30(4)20-24-32/h15-24H,5-10,25-28H2,1-4H3/b16-15+. The van der Waals surface area contributed by atoms with E-state index in [0.29, 0.717) is 0 Å². The van der Waals surface area contributed by atoms with Gasteiger partial charge in [0, 0.05) is 25.9 Å². The third-order valence-corrected chi connectivity index (χ3v) is 9.83. The van der Waals surface area contributed by atoms with Crippen molar-refractivity contribution in [1.29, 1.82) is 0 Å². The summed E-state index contributed by atoms with van der Waals surface area (Å²) in [6, 6.07) is 13.5. The summed E-state index contributed by atoms with van der Waals surface area (Å²) < 4.78 is 56.2. The first-order valence-electron chi connectivity index (χ1n) is 13.8. The van der Waals surface area contributed by atoms with Crippen molar-refractivity contribution < 1.29 is 16.8 Å². The Labute approximate surface area is 242 Å². The lowest BCUT2D eigenvalue weighted by molar-refractivity contribution is 0.469. The van der Waals surface area contributed by atoms with Gasteiger partial charge < -0.3 is 0 Å². The lowest BCUT2D eigenvalue weighted by Gasteiger charge is -2.20. The van der Waals surface area contributed by atoms with Crippen LogP contribution >= 0.6 is 0 Å². The van der Waals surface area contributed by atoms with Crippen molar-refractivity contribution in [2.45, 2.75) is 76.0 Å². The molecule has 2 aromatic carbocycles. The number of sulfonamides is 2. The van der Waals surface area contributed by atoms with Gasteiger partial charge in [-0.3, -0.25) is 0 Å². The zero-order valence-corrected chi connectivity index (χ0v) is 25.8. The number of rotatable bonds is 14. The quantitative estimate of drug-likeness (QED) is 0.157. The van der Waals surface area contributed by atoms with Crippen LogP contribution in [0, 0.1) is 37.5 Å². The maximum absolute atomic E-state index is 13.4. The molecule has 0 aliphatic heterocycles. The minimum Gasteiger partial charge on any atom is -0.207 e. The summed E-state index contributed by atoms with van der Waals surface area (Å²) in [5.74, 6) is 12.1. The lowest BCUT2D eigenvalue weighted by Crippen LogP contribution is -2.33. The van der Waals surface area contributed by atoms with Gasteiger partial charge in [0.15, 0.2) is 0 Å². The van der Waals surface area contributed by atoms with Gasteiger partial charge in [-0.25, -0.2) is 16.8 Å². The summed E-state index contributed by atoms with van der Waals surface area (Å²) in [7, 11) is -7.57. The predicted octanol–water partition coefficient (Wildman–Crippen LogP) is 5.93. The molecule has 2 aromatic rings. The highest BCUT2D eigenvalue weighted by atomic mass is 32.2. The number of unbranched alkanes of at least 4 members (excludes halogenated alkanes) is 4. The molecular weight excluding hydrogens is 540 g/mol. The molecule has 216 valence electrons. The molecule has 40 heavy (non-hydrogen) atoms. The van der Waals surface area contributed by atoms with Gasteiger partial charge in [-0.1, -0.05) is 86.1 Å². The van der Waals surface area contributed by atoms with Crippen LogP contribution in [0.25, 0.3) is 0 Å². The van der Waals surface area contributed by atoms with Crippen LogP contribution in [0.4, 0.5) is 0 Å². The second-order valence-electron chi connectivity index (χ2n) is 9.61. The Kier molecular flexibility index (Phi) is 14.2. The van der Waals surface area contributed by atoms with Crippen LogP contribution < -0.4 is 0 Å². The Morgan fingerprint density at radius 3 is 1.27 bits per heavy atom. The Balaban J connectivity index is 2.25. The first-order chi connectivity index (χ1) is 19.1. The zero-order valence-electron chi connectivity index (χ0n) is 24.2. The van der Waals surface area contributed by atoms with Crippen molar-refractivity contribution in [2.75, 3.05) is 26.2 Å². The highest BCUT2D eigenvalue weighted by Crippen LogP contribution is 2.18. The third-order valence-electron chi connectivity index (χ3n) is 6.17. The van der Waals surface area contributed by atoms with E-state index in [1.165, 1.54) is 8.61 Å². The van der Waals surface area contributed by atoms with E-state index in [4.69, 9.17) is 0 Å². The topological polar surface area (TPSA) is 74.8 Å². The monoisotopic (exact) mass is 582 g/mol. The van der Waals surface area contributed by atoms with Gasteiger partial charge in [0.1, 0.15) is 0 Å². The molecule has 0 N–H and O–H groups in total. The summed E-state index contributed by atoms with van der Waals surface area (Å²) in [4.78, 5) is 0.403. The number of hydrogen-bond acceptors (Lipinski definition) is 4. The molecule has 0 bridgehead atoms. The Morgan fingerprint density at radius 2 is 0.950 bits per heavy atom. The van der Waals surface area contributed by atoms with Crippen molar-refractivity contribution in [1.82, 2.24) is 8.61 Å². The summed E-state index contributed by atoms with van der Waals surface area (Å²) in [5.41, 5.74) is 1.94. The largest absolute Gasteiger partial charge is 0.244 e. The molecule has 8 heteroatoms. The lowest BCUT2D eigenvalue weighted by atomic mass is 10.2. The smallest absolute Gasteiger partial charge is 0.207 e. The maximum atomic E-state index is 13.4. The van der Waals surface area contributed by atoms with Crippen LogP contribution in [0.2, 0.25) is 0 Å². The van der Waals surface area contributed by atoms with Crippen molar-refractivity contribution >= 4 is 20.0 Å². The highest BCUT2D eigenvalue weighted by Gasteiger charge is 2.24. The average Bonchev–Trinajstić information content (AvgIpc) is 2.93. The van der Waals surface area contributed by atoms with Crippen molar-refractivity contribution in [3.63, 3.8) is 0 Å². The normalized spacial score (nSPS) is 11.8. The first-order valence-corrected chi connectivity index (χ1v) is 16.7. The zero-order chi connectivity index (χ0) is 29.4. The van der Waals surface area contributed by atoms with E-state index in [-0.39, 0.29) is 36.0 Å².